The van der Waals surface area contributed by atoms with Crippen molar-refractivity contribution in [2.75, 3.05) is 7.11 Å². The maximum Gasteiger partial charge on any atom is 0.310 e. The molecule has 0 aliphatic heterocycles. The fourth-order valence-corrected chi connectivity index (χ4v) is 3.87. The van der Waals surface area contributed by atoms with Gasteiger partial charge in [0, 0.05) is 25.4 Å². The summed E-state index contributed by atoms with van der Waals surface area (Å²) in [5, 5.41) is 0. The third kappa shape index (κ3) is 4.34. The monoisotopic (exact) mass is 390 g/mol. The number of rotatable bonds is 8. The number of hydrogen-bond donors (Lipinski definition) is 0. The molecule has 0 saturated heterocycles. The number of methoxy groups -OCH3 is 1. The van der Waals surface area contributed by atoms with Gasteiger partial charge >= 0.3 is 5.97 Å². The van der Waals surface area contributed by atoms with Crippen molar-refractivity contribution in [3.63, 3.8) is 0 Å². The van der Waals surface area contributed by atoms with Crippen LogP contribution in [0.2, 0.25) is 0 Å². The van der Waals surface area contributed by atoms with Crippen molar-refractivity contribution >= 4 is 5.97 Å². The van der Waals surface area contributed by atoms with E-state index in [2.05, 4.69) is 17.1 Å². The zero-order chi connectivity index (χ0) is 20.2. The van der Waals surface area contributed by atoms with Crippen LogP contribution in [0.3, 0.4) is 0 Å². The predicted molar refractivity (Wildman–Crippen MR) is 111 cm³/mol. The molecule has 2 aromatic carbocycles. The van der Waals surface area contributed by atoms with Gasteiger partial charge in [-0.15, -0.1) is 0 Å². The average Bonchev–Trinajstić information content (AvgIpc) is 3.45. The highest BCUT2D eigenvalue weighted by molar-refractivity contribution is 5.78. The van der Waals surface area contributed by atoms with E-state index in [9.17, 15) is 4.79 Å². The van der Waals surface area contributed by atoms with E-state index in [1.54, 1.807) is 13.3 Å². The van der Waals surface area contributed by atoms with Gasteiger partial charge in [0.15, 0.2) is 6.10 Å². The molecule has 0 unspecified atom stereocenters. The fraction of sp³-hybridized carbons (Fsp3) is 0.333. The Hall–Kier alpha value is -3.08. The van der Waals surface area contributed by atoms with Crippen molar-refractivity contribution in [2.24, 2.45) is 13.0 Å². The number of ether oxygens (including phenoxy) is 2. The van der Waals surface area contributed by atoms with E-state index in [1.807, 2.05) is 60.3 Å². The number of esters is 1. The molecule has 4 rings (SSSR count). The number of aryl methyl sites for hydroxylation is 2. The molecule has 5 nitrogen and oxygen atoms in total. The largest absolute Gasteiger partial charge is 0.496 e. The van der Waals surface area contributed by atoms with Crippen LogP contribution >= 0.6 is 0 Å². The van der Waals surface area contributed by atoms with E-state index in [0.29, 0.717) is 6.42 Å². The van der Waals surface area contributed by atoms with Gasteiger partial charge < -0.3 is 14.0 Å². The number of imidazole rings is 1. The van der Waals surface area contributed by atoms with Crippen LogP contribution in [-0.2, 0) is 23.0 Å². The molecule has 3 aromatic rings. The van der Waals surface area contributed by atoms with Gasteiger partial charge in [0.2, 0.25) is 0 Å². The molecule has 1 aromatic heterocycles. The van der Waals surface area contributed by atoms with Crippen LogP contribution < -0.4 is 4.74 Å². The lowest BCUT2D eigenvalue weighted by molar-refractivity contribution is -0.152. The Balaban J connectivity index is 1.45. The van der Waals surface area contributed by atoms with Crippen LogP contribution in [0.5, 0.6) is 5.75 Å². The van der Waals surface area contributed by atoms with Crippen molar-refractivity contribution in [3.8, 4) is 5.75 Å². The van der Waals surface area contributed by atoms with Crippen LogP contribution in [0, 0.1) is 5.92 Å². The minimum atomic E-state index is -0.360. The summed E-state index contributed by atoms with van der Waals surface area (Å²) in [6.07, 6.45) is 5.59. The number of para-hydroxylation sites is 1. The van der Waals surface area contributed by atoms with Crippen molar-refractivity contribution in [2.45, 2.75) is 31.3 Å². The standard InChI is InChI=1S/C24H26N2O3/c1-26-15-14-25-23(26)22(13-12-17-8-4-3-5-9-17)29-24(27)20-16-19(20)18-10-6-7-11-21(18)28-2/h3-11,14-15,19-20,22H,12-13,16H2,1-2H3/t19-,20-,22-/m0/s1. The van der Waals surface area contributed by atoms with Gasteiger partial charge in [-0.1, -0.05) is 48.5 Å². The summed E-state index contributed by atoms with van der Waals surface area (Å²) >= 11 is 0. The highest BCUT2D eigenvalue weighted by atomic mass is 16.5. The first-order valence-electron chi connectivity index (χ1n) is 10.0. The molecule has 5 heteroatoms. The Kier molecular flexibility index (Phi) is 5.65. The Labute approximate surface area is 171 Å². The maximum absolute atomic E-state index is 12.9. The second kappa shape index (κ2) is 8.52. The Morgan fingerprint density at radius 3 is 2.66 bits per heavy atom. The van der Waals surface area contributed by atoms with Crippen molar-refractivity contribution in [3.05, 3.63) is 83.9 Å². The Morgan fingerprint density at radius 1 is 1.17 bits per heavy atom. The van der Waals surface area contributed by atoms with Gasteiger partial charge in [-0.25, -0.2) is 4.98 Å². The predicted octanol–water partition coefficient (Wildman–Crippen LogP) is 4.45. The summed E-state index contributed by atoms with van der Waals surface area (Å²) in [6.45, 7) is 0. The summed E-state index contributed by atoms with van der Waals surface area (Å²) in [6, 6.07) is 18.1. The average molecular weight is 390 g/mol. The second-order valence-corrected chi connectivity index (χ2v) is 7.54. The third-order valence-electron chi connectivity index (χ3n) is 5.57. The molecule has 1 fully saturated rings. The molecule has 0 amide bonds. The first kappa shape index (κ1) is 19.2. The number of hydrogen-bond acceptors (Lipinski definition) is 4. The third-order valence-corrected chi connectivity index (χ3v) is 5.57. The van der Waals surface area contributed by atoms with Crippen molar-refractivity contribution in [1.29, 1.82) is 0 Å². The maximum atomic E-state index is 12.9. The molecule has 0 radical (unpaired) electrons. The SMILES string of the molecule is COc1ccccc1[C@@H]1C[C@@H]1C(=O)O[C@@H](CCc1ccccc1)c1nccn1C. The van der Waals surface area contributed by atoms with Crippen molar-refractivity contribution in [1.82, 2.24) is 9.55 Å². The molecule has 1 saturated carbocycles. The van der Waals surface area contributed by atoms with Crippen LogP contribution in [0.1, 0.15) is 41.8 Å². The van der Waals surface area contributed by atoms with E-state index in [-0.39, 0.29) is 23.9 Å². The molecule has 1 aliphatic rings. The zero-order valence-corrected chi connectivity index (χ0v) is 16.8. The number of nitrogens with zero attached hydrogens (tertiary/aromatic N) is 2. The zero-order valence-electron chi connectivity index (χ0n) is 16.8. The van der Waals surface area contributed by atoms with Crippen molar-refractivity contribution < 1.29 is 14.3 Å². The molecule has 1 heterocycles. The summed E-state index contributed by atoms with van der Waals surface area (Å²) in [4.78, 5) is 17.3. The molecule has 0 N–H and O–H groups in total. The van der Waals surface area contributed by atoms with E-state index in [1.165, 1.54) is 5.56 Å². The molecular weight excluding hydrogens is 364 g/mol. The van der Waals surface area contributed by atoms with Crippen LogP contribution in [0.4, 0.5) is 0 Å². The number of benzene rings is 2. The van der Waals surface area contributed by atoms with E-state index in [0.717, 1.165) is 30.0 Å². The molecule has 0 spiro atoms. The van der Waals surface area contributed by atoms with Crippen LogP contribution in [0.15, 0.2) is 67.0 Å². The molecule has 29 heavy (non-hydrogen) atoms. The number of carbonyl (C=O) groups is 1. The second-order valence-electron chi connectivity index (χ2n) is 7.54. The summed E-state index contributed by atoms with van der Waals surface area (Å²) in [5.74, 6) is 1.50. The van der Waals surface area contributed by atoms with Gasteiger partial charge in [-0.2, -0.15) is 0 Å². The fourth-order valence-electron chi connectivity index (χ4n) is 3.87. The van der Waals surface area contributed by atoms with Crippen LogP contribution in [-0.4, -0.2) is 22.6 Å². The lowest BCUT2D eigenvalue weighted by atomic mass is 10.1. The summed E-state index contributed by atoms with van der Waals surface area (Å²) in [5.41, 5.74) is 2.30. The molecule has 1 aliphatic carbocycles. The highest BCUT2D eigenvalue weighted by Gasteiger charge is 2.47. The summed E-state index contributed by atoms with van der Waals surface area (Å²) < 4.78 is 13.4. The Morgan fingerprint density at radius 2 is 1.93 bits per heavy atom. The van der Waals surface area contributed by atoms with Gasteiger partial charge in [0.05, 0.1) is 13.0 Å². The van der Waals surface area contributed by atoms with Gasteiger partial charge in [-0.3, -0.25) is 4.79 Å². The first-order chi connectivity index (χ1) is 14.2. The van der Waals surface area contributed by atoms with Gasteiger partial charge in [0.25, 0.3) is 0 Å². The number of carbonyl (C=O) groups excluding carboxylic acids is 1. The lowest BCUT2D eigenvalue weighted by Gasteiger charge is -2.18. The highest BCUT2D eigenvalue weighted by Crippen LogP contribution is 2.51. The van der Waals surface area contributed by atoms with Crippen LogP contribution in [0.25, 0.3) is 0 Å². The smallest absolute Gasteiger partial charge is 0.310 e. The summed E-state index contributed by atoms with van der Waals surface area (Å²) in [7, 11) is 3.59. The minimum Gasteiger partial charge on any atom is -0.496 e. The van der Waals surface area contributed by atoms with Gasteiger partial charge in [-0.05, 0) is 36.5 Å². The van der Waals surface area contributed by atoms with E-state index in [4.69, 9.17) is 9.47 Å². The minimum absolute atomic E-state index is 0.120. The number of aromatic nitrogens is 2. The molecule has 150 valence electrons. The first-order valence-corrected chi connectivity index (χ1v) is 10.0. The van der Waals surface area contributed by atoms with Gasteiger partial charge in [0.1, 0.15) is 11.6 Å². The van der Waals surface area contributed by atoms with E-state index < -0.39 is 0 Å². The molecule has 0 bridgehead atoms. The van der Waals surface area contributed by atoms with E-state index >= 15 is 0 Å². The molecular formula is C24H26N2O3. The normalized spacial score (nSPS) is 18.8. The quantitative estimate of drug-likeness (QED) is 0.533. The Bertz CT molecular complexity index is 967. The lowest BCUT2D eigenvalue weighted by Crippen LogP contribution is -2.17. The molecule has 3 atom stereocenters. The topological polar surface area (TPSA) is 53.4 Å².